The van der Waals surface area contributed by atoms with Crippen LogP contribution in [0.3, 0.4) is 0 Å². The predicted molar refractivity (Wildman–Crippen MR) is 136 cm³/mol. The summed E-state index contributed by atoms with van der Waals surface area (Å²) in [4.78, 5) is 14.4. The number of carbonyl (C=O) groups excluding carboxylic acids is 1. The molecule has 35 heavy (non-hydrogen) atoms. The van der Waals surface area contributed by atoms with Crippen LogP contribution in [0.25, 0.3) is 16.9 Å². The molecule has 1 aliphatic heterocycles. The summed E-state index contributed by atoms with van der Waals surface area (Å²) in [6.45, 7) is 2.30. The molecule has 1 atom stereocenters. The zero-order valence-electron chi connectivity index (χ0n) is 19.1. The second kappa shape index (κ2) is 9.64. The lowest BCUT2D eigenvalue weighted by Crippen LogP contribution is -2.31. The Hall–Kier alpha value is -3.49. The average molecular weight is 535 g/mol. The van der Waals surface area contributed by atoms with E-state index in [9.17, 15) is 9.18 Å². The van der Waals surface area contributed by atoms with E-state index in [1.807, 2.05) is 61.7 Å². The lowest BCUT2D eigenvalue weighted by Gasteiger charge is -2.23. The fraction of sp³-hybridized carbons (Fsp3) is 0.185. The summed E-state index contributed by atoms with van der Waals surface area (Å²) < 4.78 is 23.1. The van der Waals surface area contributed by atoms with E-state index < -0.39 is 6.23 Å². The lowest BCUT2D eigenvalue weighted by atomic mass is 10.0. The molecular formula is C27H24BrFN4O2. The van der Waals surface area contributed by atoms with Crippen LogP contribution in [0.1, 0.15) is 22.9 Å². The van der Waals surface area contributed by atoms with E-state index in [4.69, 9.17) is 15.6 Å². The smallest absolute Gasteiger partial charge is 0.250 e. The number of ether oxygens (including phenoxy) is 1. The van der Waals surface area contributed by atoms with Crippen molar-refractivity contribution in [3.63, 3.8) is 0 Å². The summed E-state index contributed by atoms with van der Waals surface area (Å²) in [5.74, 6) is -0.519. The molecule has 3 aromatic carbocycles. The first kappa shape index (κ1) is 23.3. The third kappa shape index (κ3) is 4.85. The highest BCUT2D eigenvalue weighted by molar-refractivity contribution is 9.10. The van der Waals surface area contributed by atoms with Crippen LogP contribution in [-0.4, -0.2) is 33.7 Å². The molecule has 1 saturated heterocycles. The Morgan fingerprint density at radius 2 is 1.86 bits per heavy atom. The first-order valence-electron chi connectivity index (χ1n) is 11.3. The van der Waals surface area contributed by atoms with Gasteiger partial charge in [0.1, 0.15) is 18.1 Å². The van der Waals surface area contributed by atoms with Gasteiger partial charge in [0.25, 0.3) is 5.91 Å². The molecule has 5 rings (SSSR count). The molecule has 0 saturated carbocycles. The molecule has 178 valence electrons. The molecule has 2 heterocycles. The molecule has 4 aromatic rings. The van der Waals surface area contributed by atoms with Crippen LogP contribution >= 0.6 is 15.9 Å². The molecule has 0 aliphatic carbocycles. The molecule has 0 spiro atoms. The molecule has 1 unspecified atom stereocenters. The Bertz CT molecular complexity index is 1370. The van der Waals surface area contributed by atoms with Gasteiger partial charge in [0, 0.05) is 34.0 Å². The Morgan fingerprint density at radius 1 is 1.11 bits per heavy atom. The molecule has 0 bridgehead atoms. The Labute approximate surface area is 211 Å². The Morgan fingerprint density at radius 3 is 2.57 bits per heavy atom. The van der Waals surface area contributed by atoms with Gasteiger partial charge in [-0.2, -0.15) is 5.10 Å². The van der Waals surface area contributed by atoms with Crippen molar-refractivity contribution in [3.05, 3.63) is 99.9 Å². The number of hydrogen-bond donors (Lipinski definition) is 1. The fourth-order valence-electron chi connectivity index (χ4n) is 4.19. The highest BCUT2D eigenvalue weighted by atomic mass is 79.9. The molecular weight excluding hydrogens is 511 g/mol. The largest absolute Gasteiger partial charge is 0.399 e. The van der Waals surface area contributed by atoms with E-state index >= 15 is 0 Å². The SMILES string of the molecule is Cc1ccc(-c2nn(-c3ccc(Br)cc3)cc2C2OCC(=O)N2CCc2ccc(N)cc2F)cc1. The molecule has 0 radical (unpaired) electrons. The topological polar surface area (TPSA) is 73.4 Å². The van der Waals surface area contributed by atoms with Crippen molar-refractivity contribution in [2.24, 2.45) is 0 Å². The number of rotatable bonds is 6. The minimum absolute atomic E-state index is 0.0360. The van der Waals surface area contributed by atoms with Crippen LogP contribution in [-0.2, 0) is 16.0 Å². The van der Waals surface area contributed by atoms with Crippen molar-refractivity contribution in [1.29, 1.82) is 0 Å². The van der Waals surface area contributed by atoms with Gasteiger partial charge in [0.2, 0.25) is 0 Å². The van der Waals surface area contributed by atoms with Gasteiger partial charge >= 0.3 is 0 Å². The number of halogens is 2. The molecule has 1 aliphatic rings. The summed E-state index contributed by atoms with van der Waals surface area (Å²) >= 11 is 3.47. The summed E-state index contributed by atoms with van der Waals surface area (Å²) in [7, 11) is 0. The van der Waals surface area contributed by atoms with Crippen molar-refractivity contribution >= 4 is 27.5 Å². The van der Waals surface area contributed by atoms with E-state index in [0.717, 1.165) is 32.5 Å². The average Bonchev–Trinajstić information content (AvgIpc) is 3.43. The first-order valence-corrected chi connectivity index (χ1v) is 12.1. The number of carbonyl (C=O) groups is 1. The number of aryl methyl sites for hydroxylation is 1. The van der Waals surface area contributed by atoms with E-state index in [2.05, 4.69) is 15.9 Å². The highest BCUT2D eigenvalue weighted by Crippen LogP contribution is 2.35. The van der Waals surface area contributed by atoms with Crippen molar-refractivity contribution in [1.82, 2.24) is 14.7 Å². The van der Waals surface area contributed by atoms with Gasteiger partial charge in [-0.05, 0) is 55.3 Å². The Balaban J connectivity index is 1.51. The molecule has 6 nitrogen and oxygen atoms in total. The summed E-state index contributed by atoms with van der Waals surface area (Å²) in [6.07, 6.45) is 1.62. The van der Waals surface area contributed by atoms with Crippen LogP contribution in [0.4, 0.5) is 10.1 Å². The van der Waals surface area contributed by atoms with E-state index in [1.165, 1.54) is 6.07 Å². The van der Waals surface area contributed by atoms with Crippen molar-refractivity contribution in [3.8, 4) is 16.9 Å². The third-order valence-corrected chi connectivity index (χ3v) is 6.62. The summed E-state index contributed by atoms with van der Waals surface area (Å²) in [5.41, 5.74) is 11.0. The number of nitrogens with zero attached hydrogens (tertiary/aromatic N) is 3. The van der Waals surface area contributed by atoms with Crippen molar-refractivity contribution < 1.29 is 13.9 Å². The quantitative estimate of drug-likeness (QED) is 0.334. The van der Waals surface area contributed by atoms with Gasteiger partial charge in [0.15, 0.2) is 6.23 Å². The minimum Gasteiger partial charge on any atom is -0.399 e. The van der Waals surface area contributed by atoms with Crippen molar-refractivity contribution in [2.45, 2.75) is 19.6 Å². The van der Waals surface area contributed by atoms with Gasteiger partial charge in [-0.3, -0.25) is 4.79 Å². The van der Waals surface area contributed by atoms with Gasteiger partial charge in [0.05, 0.1) is 5.69 Å². The molecule has 2 N–H and O–H groups in total. The zero-order valence-corrected chi connectivity index (χ0v) is 20.7. The Kier molecular flexibility index (Phi) is 6.40. The van der Waals surface area contributed by atoms with E-state index in [-0.39, 0.29) is 18.3 Å². The van der Waals surface area contributed by atoms with Gasteiger partial charge in [-0.1, -0.05) is 51.8 Å². The first-order chi connectivity index (χ1) is 16.9. The maximum atomic E-state index is 14.3. The second-order valence-electron chi connectivity index (χ2n) is 8.57. The van der Waals surface area contributed by atoms with Crippen LogP contribution in [0, 0.1) is 12.7 Å². The van der Waals surface area contributed by atoms with Crippen LogP contribution in [0.5, 0.6) is 0 Å². The van der Waals surface area contributed by atoms with Gasteiger partial charge in [-0.15, -0.1) is 0 Å². The number of anilines is 1. The van der Waals surface area contributed by atoms with Crippen LogP contribution in [0.2, 0.25) is 0 Å². The number of benzene rings is 3. The lowest BCUT2D eigenvalue weighted by molar-refractivity contribution is -0.128. The number of amides is 1. The zero-order chi connectivity index (χ0) is 24.5. The summed E-state index contributed by atoms with van der Waals surface area (Å²) in [5, 5.41) is 4.87. The molecule has 1 aromatic heterocycles. The van der Waals surface area contributed by atoms with Gasteiger partial charge < -0.3 is 15.4 Å². The van der Waals surface area contributed by atoms with E-state index in [1.54, 1.807) is 21.7 Å². The highest BCUT2D eigenvalue weighted by Gasteiger charge is 2.36. The fourth-order valence-corrected chi connectivity index (χ4v) is 4.45. The van der Waals surface area contributed by atoms with Crippen LogP contribution < -0.4 is 5.73 Å². The second-order valence-corrected chi connectivity index (χ2v) is 9.49. The molecule has 8 heteroatoms. The maximum Gasteiger partial charge on any atom is 0.250 e. The molecule has 1 amide bonds. The third-order valence-electron chi connectivity index (χ3n) is 6.09. The van der Waals surface area contributed by atoms with Gasteiger partial charge in [-0.25, -0.2) is 9.07 Å². The standard InChI is InChI=1S/C27H24BrFN4O2/c1-17-2-4-19(5-3-17)26-23(15-33(31-26)22-10-7-20(28)8-11-22)27-32(25(34)16-35-27)13-12-18-6-9-21(30)14-24(18)29/h2-11,14-15,27H,12-13,16,30H2,1H3. The minimum atomic E-state index is -0.625. The normalized spacial score (nSPS) is 15.7. The number of aromatic nitrogens is 2. The number of nitrogen functional groups attached to an aromatic ring is 1. The number of nitrogens with two attached hydrogens (primary N) is 1. The molecule has 1 fully saturated rings. The van der Waals surface area contributed by atoms with Crippen LogP contribution in [0.15, 0.2) is 77.4 Å². The summed E-state index contributed by atoms with van der Waals surface area (Å²) in [6, 6.07) is 20.5. The van der Waals surface area contributed by atoms with E-state index in [0.29, 0.717) is 24.2 Å². The number of hydrogen-bond acceptors (Lipinski definition) is 4. The predicted octanol–water partition coefficient (Wildman–Crippen LogP) is 5.43. The maximum absolute atomic E-state index is 14.3. The van der Waals surface area contributed by atoms with Crippen molar-refractivity contribution in [2.75, 3.05) is 18.9 Å². The monoisotopic (exact) mass is 534 g/mol.